The van der Waals surface area contributed by atoms with E-state index in [4.69, 9.17) is 13.9 Å². The Kier molecular flexibility index (Phi) is 5.80. The van der Waals surface area contributed by atoms with Crippen LogP contribution in [-0.2, 0) is 11.3 Å². The monoisotopic (exact) mass is 374 g/mol. The molecule has 1 aromatic carbocycles. The molecule has 9 heteroatoms. The second-order valence-corrected chi connectivity index (χ2v) is 6.20. The fourth-order valence-corrected chi connectivity index (χ4v) is 2.96. The van der Waals surface area contributed by atoms with Crippen molar-refractivity contribution >= 4 is 23.4 Å². The number of carbonyl (C=O) groups excluding carboxylic acids is 1. The molecule has 0 aliphatic rings. The second-order valence-electron chi connectivity index (χ2n) is 5.26. The minimum absolute atomic E-state index is 0.169. The number of hydrogen-bond acceptors (Lipinski definition) is 7. The molecule has 0 bridgehead atoms. The zero-order chi connectivity index (χ0) is 18.4. The predicted molar refractivity (Wildman–Crippen MR) is 96.7 cm³/mol. The number of hydrogen-bond donors (Lipinski definition) is 1. The number of nitrogens with one attached hydrogen (secondary N) is 1. The van der Waals surface area contributed by atoms with E-state index in [0.29, 0.717) is 28.9 Å². The Balaban J connectivity index is 1.59. The van der Waals surface area contributed by atoms with Crippen molar-refractivity contribution in [2.45, 2.75) is 11.7 Å². The molecule has 0 aliphatic carbocycles. The normalized spacial score (nSPS) is 10.5. The molecule has 2 aromatic heterocycles. The Morgan fingerprint density at radius 2 is 2.04 bits per heavy atom. The average Bonchev–Trinajstić information content (AvgIpc) is 3.32. The van der Waals surface area contributed by atoms with E-state index in [2.05, 4.69) is 15.5 Å². The van der Waals surface area contributed by atoms with Gasteiger partial charge in [0, 0.05) is 23.9 Å². The van der Waals surface area contributed by atoms with E-state index in [0.717, 1.165) is 5.76 Å². The summed E-state index contributed by atoms with van der Waals surface area (Å²) in [5.74, 6) is 2.02. The van der Waals surface area contributed by atoms with Gasteiger partial charge < -0.3 is 23.8 Å². The molecule has 3 aromatic rings. The van der Waals surface area contributed by atoms with E-state index in [1.54, 1.807) is 45.0 Å². The maximum Gasteiger partial charge on any atom is 0.234 e. The number of benzene rings is 1. The summed E-state index contributed by atoms with van der Waals surface area (Å²) in [6.07, 6.45) is 3.22. The summed E-state index contributed by atoms with van der Waals surface area (Å²) in [5.41, 5.74) is 0.601. The van der Waals surface area contributed by atoms with Gasteiger partial charge in [-0.15, -0.1) is 10.2 Å². The summed E-state index contributed by atoms with van der Waals surface area (Å²) < 4.78 is 17.5. The summed E-state index contributed by atoms with van der Waals surface area (Å²) in [6, 6.07) is 8.89. The third-order valence-electron chi connectivity index (χ3n) is 3.45. The number of nitrogens with zero attached hydrogens (tertiary/aromatic N) is 3. The smallest absolute Gasteiger partial charge is 0.234 e. The van der Waals surface area contributed by atoms with Crippen molar-refractivity contribution in [2.75, 3.05) is 25.3 Å². The van der Waals surface area contributed by atoms with Crippen LogP contribution in [0.25, 0.3) is 0 Å². The molecule has 2 heterocycles. The number of thioether (sulfide) groups is 1. The van der Waals surface area contributed by atoms with Gasteiger partial charge >= 0.3 is 0 Å². The SMILES string of the molecule is COc1cc(NC(=O)CSc2nncn2Cc2ccco2)cc(OC)c1. The number of amides is 1. The van der Waals surface area contributed by atoms with Crippen LogP contribution in [0.1, 0.15) is 5.76 Å². The van der Waals surface area contributed by atoms with Crippen LogP contribution in [0.3, 0.4) is 0 Å². The first-order valence-corrected chi connectivity index (χ1v) is 8.72. The molecule has 8 nitrogen and oxygen atoms in total. The number of furan rings is 1. The van der Waals surface area contributed by atoms with Gasteiger partial charge in [-0.2, -0.15) is 0 Å². The first kappa shape index (κ1) is 17.9. The standard InChI is InChI=1S/C17H18N4O4S/c1-23-14-6-12(7-15(8-14)24-2)19-16(22)10-26-17-20-18-11-21(17)9-13-4-3-5-25-13/h3-8,11H,9-10H2,1-2H3,(H,19,22). The number of carbonyl (C=O) groups is 1. The highest BCUT2D eigenvalue weighted by atomic mass is 32.2. The van der Waals surface area contributed by atoms with E-state index in [9.17, 15) is 4.79 Å². The van der Waals surface area contributed by atoms with Gasteiger partial charge in [0.05, 0.1) is 32.8 Å². The first-order chi connectivity index (χ1) is 12.7. The van der Waals surface area contributed by atoms with Crippen LogP contribution in [0.4, 0.5) is 5.69 Å². The van der Waals surface area contributed by atoms with Crippen molar-refractivity contribution < 1.29 is 18.7 Å². The molecule has 0 radical (unpaired) electrons. The van der Waals surface area contributed by atoms with Crippen molar-refractivity contribution in [3.05, 3.63) is 48.7 Å². The molecule has 26 heavy (non-hydrogen) atoms. The second kappa shape index (κ2) is 8.43. The van der Waals surface area contributed by atoms with E-state index >= 15 is 0 Å². The number of ether oxygens (including phenoxy) is 2. The fraction of sp³-hybridized carbons (Fsp3) is 0.235. The predicted octanol–water partition coefficient (Wildman–Crippen LogP) is 2.67. The number of anilines is 1. The number of aromatic nitrogens is 3. The molecule has 0 saturated heterocycles. The summed E-state index contributed by atoms with van der Waals surface area (Å²) in [4.78, 5) is 12.2. The highest BCUT2D eigenvalue weighted by Crippen LogP contribution is 2.26. The maximum absolute atomic E-state index is 12.2. The Bertz CT molecular complexity index is 841. The summed E-state index contributed by atoms with van der Waals surface area (Å²) in [7, 11) is 3.12. The molecule has 0 saturated carbocycles. The van der Waals surface area contributed by atoms with Crippen LogP contribution in [0.15, 0.2) is 52.5 Å². The Morgan fingerprint density at radius 1 is 1.27 bits per heavy atom. The molecule has 0 fully saturated rings. The molecule has 1 amide bonds. The average molecular weight is 374 g/mol. The van der Waals surface area contributed by atoms with E-state index in [-0.39, 0.29) is 11.7 Å². The number of methoxy groups -OCH3 is 2. The Labute approximate surface area is 154 Å². The molecular formula is C17H18N4O4S. The molecule has 136 valence electrons. The first-order valence-electron chi connectivity index (χ1n) is 7.74. The van der Waals surface area contributed by atoms with Gasteiger partial charge in [-0.25, -0.2) is 0 Å². The van der Waals surface area contributed by atoms with Crippen LogP contribution in [0.5, 0.6) is 11.5 Å². The molecule has 0 aliphatic heterocycles. The lowest BCUT2D eigenvalue weighted by Gasteiger charge is -2.10. The van der Waals surface area contributed by atoms with Crippen molar-refractivity contribution in [2.24, 2.45) is 0 Å². The summed E-state index contributed by atoms with van der Waals surface area (Å²) in [5, 5.41) is 11.4. The molecule has 0 spiro atoms. The van der Waals surface area contributed by atoms with Crippen molar-refractivity contribution in [3.8, 4) is 11.5 Å². The van der Waals surface area contributed by atoms with E-state index in [1.165, 1.54) is 11.8 Å². The van der Waals surface area contributed by atoms with E-state index in [1.807, 2.05) is 16.7 Å². The lowest BCUT2D eigenvalue weighted by atomic mass is 10.2. The Morgan fingerprint density at radius 3 is 2.69 bits per heavy atom. The number of rotatable bonds is 8. The summed E-state index contributed by atoms with van der Waals surface area (Å²) in [6.45, 7) is 0.511. The van der Waals surface area contributed by atoms with Gasteiger partial charge in [-0.05, 0) is 12.1 Å². The van der Waals surface area contributed by atoms with Gasteiger partial charge in [0.2, 0.25) is 5.91 Å². The van der Waals surface area contributed by atoms with Crippen molar-refractivity contribution in [1.29, 1.82) is 0 Å². The third kappa shape index (κ3) is 4.57. The minimum Gasteiger partial charge on any atom is -0.497 e. The highest BCUT2D eigenvalue weighted by molar-refractivity contribution is 7.99. The molecule has 0 unspecified atom stereocenters. The van der Waals surface area contributed by atoms with Gasteiger partial charge in [-0.1, -0.05) is 11.8 Å². The van der Waals surface area contributed by atoms with Crippen molar-refractivity contribution in [3.63, 3.8) is 0 Å². The quantitative estimate of drug-likeness (QED) is 0.606. The van der Waals surface area contributed by atoms with Gasteiger partial charge in [-0.3, -0.25) is 4.79 Å². The fourth-order valence-electron chi connectivity index (χ4n) is 2.24. The zero-order valence-electron chi connectivity index (χ0n) is 14.3. The van der Waals surface area contributed by atoms with Gasteiger partial charge in [0.1, 0.15) is 23.6 Å². The zero-order valence-corrected chi connectivity index (χ0v) is 15.2. The largest absolute Gasteiger partial charge is 0.497 e. The lowest BCUT2D eigenvalue weighted by molar-refractivity contribution is -0.113. The van der Waals surface area contributed by atoms with Crippen LogP contribution < -0.4 is 14.8 Å². The maximum atomic E-state index is 12.2. The summed E-state index contributed by atoms with van der Waals surface area (Å²) >= 11 is 1.30. The highest BCUT2D eigenvalue weighted by Gasteiger charge is 2.11. The molecule has 1 N–H and O–H groups in total. The molecule has 0 atom stereocenters. The van der Waals surface area contributed by atoms with Crippen LogP contribution in [-0.4, -0.2) is 40.6 Å². The van der Waals surface area contributed by atoms with E-state index < -0.39 is 0 Å². The molecule has 3 rings (SSSR count). The van der Waals surface area contributed by atoms with Gasteiger partial charge in [0.25, 0.3) is 0 Å². The lowest BCUT2D eigenvalue weighted by Crippen LogP contribution is -2.14. The van der Waals surface area contributed by atoms with Crippen LogP contribution >= 0.6 is 11.8 Å². The third-order valence-corrected chi connectivity index (χ3v) is 4.43. The van der Waals surface area contributed by atoms with Crippen LogP contribution in [0.2, 0.25) is 0 Å². The minimum atomic E-state index is -0.169. The molecular weight excluding hydrogens is 356 g/mol. The topological polar surface area (TPSA) is 91.4 Å². The Hall–Kier alpha value is -2.94. The van der Waals surface area contributed by atoms with Crippen molar-refractivity contribution in [1.82, 2.24) is 14.8 Å². The van der Waals surface area contributed by atoms with Crippen LogP contribution in [0, 0.1) is 0 Å². The van der Waals surface area contributed by atoms with Gasteiger partial charge in [0.15, 0.2) is 5.16 Å².